The number of furan rings is 1. The maximum Gasteiger partial charge on any atom is 0.0774 e. The second-order valence-corrected chi connectivity index (χ2v) is 11.6. The Morgan fingerprint density at radius 1 is 0.686 bits per heavy atom. The second-order valence-electron chi connectivity index (χ2n) is 11.6. The SMILES string of the molecule is [2H]C([2H])([2H])c1c[c-]c(-c2ccc(C([2H])([2H])[2H])cn2)cc1.[Ir].[c-]1oc2ccc(-c3ccncc3)cc2c1-c1nc2ccccc2n1-c1ccc(-c2ccccc2)cc1. The predicted octanol–water partition coefficient (Wildman–Crippen LogP) is 11.1. The van der Waals surface area contributed by atoms with Gasteiger partial charge in [0.2, 0.25) is 0 Å². The van der Waals surface area contributed by atoms with Crippen LogP contribution in [-0.2, 0) is 20.1 Å². The van der Waals surface area contributed by atoms with Crippen molar-refractivity contribution < 1.29 is 32.7 Å². The monoisotopic (exact) mass is 843 g/mol. The van der Waals surface area contributed by atoms with Crippen LogP contribution in [0.3, 0.4) is 0 Å². The van der Waals surface area contributed by atoms with Crippen LogP contribution in [0.4, 0.5) is 0 Å². The first-order valence-electron chi connectivity index (χ1n) is 19.0. The maximum absolute atomic E-state index is 7.28. The van der Waals surface area contributed by atoms with E-state index in [9.17, 15) is 0 Å². The number of nitrogens with zero attached hydrogens (tertiary/aromatic N) is 4. The van der Waals surface area contributed by atoms with Gasteiger partial charge in [-0.15, -0.1) is 35.4 Å². The van der Waals surface area contributed by atoms with E-state index in [-0.39, 0.29) is 31.2 Å². The molecular formula is C45H32IrN4O-2. The van der Waals surface area contributed by atoms with Gasteiger partial charge in [-0.1, -0.05) is 103 Å². The molecule has 0 amide bonds. The molecule has 4 aromatic heterocycles. The molecule has 0 bridgehead atoms. The predicted molar refractivity (Wildman–Crippen MR) is 202 cm³/mol. The summed E-state index contributed by atoms with van der Waals surface area (Å²) in [4.78, 5) is 13.2. The number of imidazole rings is 1. The van der Waals surface area contributed by atoms with Crippen molar-refractivity contribution in [3.63, 3.8) is 0 Å². The Bertz CT molecular complexity index is 2690. The molecular weight excluding hydrogens is 805 g/mol. The third kappa shape index (κ3) is 7.06. The zero-order valence-electron chi connectivity index (χ0n) is 33.0. The van der Waals surface area contributed by atoms with Crippen LogP contribution in [0, 0.1) is 26.0 Å². The van der Waals surface area contributed by atoms with Crippen LogP contribution in [0.15, 0.2) is 163 Å². The molecule has 0 N–H and O–H groups in total. The number of hydrogen-bond acceptors (Lipinski definition) is 4. The van der Waals surface area contributed by atoms with Crippen molar-refractivity contribution in [1.29, 1.82) is 0 Å². The van der Waals surface area contributed by atoms with Gasteiger partial charge in [0.25, 0.3) is 0 Å². The number of para-hydroxylation sites is 2. The molecule has 0 spiro atoms. The Morgan fingerprint density at radius 2 is 1.41 bits per heavy atom. The smallest absolute Gasteiger partial charge is 0.0774 e. The van der Waals surface area contributed by atoms with E-state index in [4.69, 9.17) is 17.6 Å². The number of hydrogen-bond donors (Lipinski definition) is 0. The molecule has 0 atom stereocenters. The van der Waals surface area contributed by atoms with E-state index in [1.54, 1.807) is 24.5 Å². The molecule has 6 heteroatoms. The van der Waals surface area contributed by atoms with Crippen LogP contribution in [0.5, 0.6) is 0 Å². The normalized spacial score (nSPS) is 13.0. The standard InChI is InChI=1S/C32H20N3O.C13H12N.Ir/c1-2-6-22(7-3-1)23-10-13-26(14-11-23)35-30-9-5-4-8-29(30)34-32(35)28-21-36-31-15-12-25(20-27(28)31)24-16-18-33-19-17-24;1-10-3-6-12(7-4-10)13-8-5-11(2)9-14-13;/h1-20H;3-6,8-9H,1-2H3;/q2*-1;/i;1D3,2D3;. The number of aryl methyl sites for hydroxylation is 2. The molecule has 4 heterocycles. The summed E-state index contributed by atoms with van der Waals surface area (Å²) in [5.41, 5.74) is 10.7. The van der Waals surface area contributed by atoms with Gasteiger partial charge in [-0.05, 0) is 76.8 Å². The summed E-state index contributed by atoms with van der Waals surface area (Å²) >= 11 is 0. The summed E-state index contributed by atoms with van der Waals surface area (Å²) in [7, 11) is 0. The van der Waals surface area contributed by atoms with Crippen molar-refractivity contribution in [1.82, 2.24) is 19.5 Å². The third-order valence-electron chi connectivity index (χ3n) is 8.39. The zero-order valence-corrected chi connectivity index (χ0v) is 29.4. The molecule has 0 aliphatic carbocycles. The fraction of sp³-hybridized carbons (Fsp3) is 0.0444. The van der Waals surface area contributed by atoms with Crippen molar-refractivity contribution in [2.75, 3.05) is 0 Å². The summed E-state index contributed by atoms with van der Waals surface area (Å²) in [6.07, 6.45) is 8.06. The summed E-state index contributed by atoms with van der Waals surface area (Å²) < 4.78 is 51.7. The first-order valence-corrected chi connectivity index (χ1v) is 16.0. The molecule has 9 rings (SSSR count). The molecule has 51 heavy (non-hydrogen) atoms. The largest absolute Gasteiger partial charge is 0.557 e. The average Bonchev–Trinajstić information content (AvgIpc) is 3.83. The summed E-state index contributed by atoms with van der Waals surface area (Å²) in [6.45, 7) is -4.34. The fourth-order valence-electron chi connectivity index (χ4n) is 5.89. The summed E-state index contributed by atoms with van der Waals surface area (Å²) in [5, 5.41) is 0.974. The Labute approximate surface area is 319 Å². The molecule has 0 saturated carbocycles. The third-order valence-corrected chi connectivity index (χ3v) is 8.39. The van der Waals surface area contributed by atoms with Crippen LogP contribution in [-0.4, -0.2) is 19.5 Å². The van der Waals surface area contributed by atoms with Crippen molar-refractivity contribution in [2.45, 2.75) is 13.7 Å². The van der Waals surface area contributed by atoms with Gasteiger partial charge in [0.15, 0.2) is 0 Å². The van der Waals surface area contributed by atoms with E-state index in [0.717, 1.165) is 50.2 Å². The fourth-order valence-corrected chi connectivity index (χ4v) is 5.89. The number of pyridine rings is 2. The van der Waals surface area contributed by atoms with E-state index >= 15 is 0 Å². The molecule has 5 aromatic carbocycles. The van der Waals surface area contributed by atoms with Crippen molar-refractivity contribution >= 4 is 22.0 Å². The van der Waals surface area contributed by atoms with E-state index in [1.807, 2.05) is 42.5 Å². The van der Waals surface area contributed by atoms with Gasteiger partial charge in [-0.2, -0.15) is 0 Å². The molecule has 0 aliphatic rings. The van der Waals surface area contributed by atoms with E-state index in [1.165, 1.54) is 35.5 Å². The van der Waals surface area contributed by atoms with Crippen molar-refractivity contribution in [2.24, 2.45) is 0 Å². The van der Waals surface area contributed by atoms with Crippen LogP contribution in [0.25, 0.3) is 72.6 Å². The minimum atomic E-state index is -2.18. The first-order chi connectivity index (χ1) is 27.0. The van der Waals surface area contributed by atoms with Gasteiger partial charge >= 0.3 is 0 Å². The Balaban J connectivity index is 0.000000202. The molecule has 0 saturated heterocycles. The molecule has 1 radical (unpaired) electrons. The Kier molecular flexibility index (Phi) is 7.85. The van der Waals surface area contributed by atoms with E-state index in [2.05, 4.69) is 93.6 Å². The minimum absolute atomic E-state index is 0. The number of aromatic nitrogens is 4. The maximum atomic E-state index is 7.28. The molecule has 0 fully saturated rings. The van der Waals surface area contributed by atoms with Gasteiger partial charge in [0.05, 0.1) is 16.9 Å². The van der Waals surface area contributed by atoms with Gasteiger partial charge in [-0.3, -0.25) is 9.97 Å². The van der Waals surface area contributed by atoms with Gasteiger partial charge in [0, 0.05) is 64.5 Å². The van der Waals surface area contributed by atoms with Gasteiger partial charge in [-0.25, -0.2) is 0 Å². The molecule has 0 aliphatic heterocycles. The van der Waals surface area contributed by atoms with E-state index < -0.39 is 13.7 Å². The summed E-state index contributed by atoms with van der Waals surface area (Å²) in [6, 6.07) is 47.8. The molecule has 5 nitrogen and oxygen atoms in total. The van der Waals surface area contributed by atoms with E-state index in [0.29, 0.717) is 11.3 Å². The zero-order chi connectivity index (χ0) is 38.9. The number of fused-ring (bicyclic) bond motifs is 2. The molecule has 0 unspecified atom stereocenters. The first kappa shape index (κ1) is 26.9. The Morgan fingerprint density at radius 3 is 2.16 bits per heavy atom. The van der Waals surface area contributed by atoms with Crippen molar-refractivity contribution in [3.05, 3.63) is 182 Å². The quantitative estimate of drug-likeness (QED) is 0.162. The van der Waals surface area contributed by atoms with Crippen LogP contribution >= 0.6 is 0 Å². The van der Waals surface area contributed by atoms with Gasteiger partial charge in [0.1, 0.15) is 0 Å². The topological polar surface area (TPSA) is 56.7 Å². The Hall–Kier alpha value is -5.94. The molecule has 9 aromatic rings. The number of rotatable bonds is 5. The molecule has 249 valence electrons. The van der Waals surface area contributed by atoms with Crippen LogP contribution in [0.2, 0.25) is 0 Å². The van der Waals surface area contributed by atoms with Crippen molar-refractivity contribution in [3.8, 4) is 50.6 Å². The second kappa shape index (κ2) is 14.9. The summed E-state index contributed by atoms with van der Waals surface area (Å²) in [5.74, 6) is 0.800. The van der Waals surface area contributed by atoms with Gasteiger partial charge < -0.3 is 14.0 Å². The number of benzene rings is 5. The minimum Gasteiger partial charge on any atom is -0.557 e. The average molecular weight is 843 g/mol. The van der Waals surface area contributed by atoms with Crippen LogP contribution in [0.1, 0.15) is 19.4 Å². The van der Waals surface area contributed by atoms with Crippen LogP contribution < -0.4 is 0 Å².